The molecule has 0 bridgehead atoms. The van der Waals surface area contributed by atoms with Crippen LogP contribution in [0.3, 0.4) is 0 Å². The molecule has 1 saturated heterocycles. The highest BCUT2D eigenvalue weighted by Gasteiger charge is 2.41. The first-order valence-electron chi connectivity index (χ1n) is 7.05. The maximum Gasteiger partial charge on any atom is 0.168 e. The van der Waals surface area contributed by atoms with Crippen molar-refractivity contribution in [3.63, 3.8) is 0 Å². The second kappa shape index (κ2) is 4.67. The minimum Gasteiger partial charge on any atom is -0.348 e. The van der Waals surface area contributed by atoms with Crippen LogP contribution in [0, 0.1) is 6.92 Å². The molecule has 1 aliphatic heterocycles. The summed E-state index contributed by atoms with van der Waals surface area (Å²) in [6, 6.07) is 0.520. The highest BCUT2D eigenvalue weighted by atomic mass is 16.7. The summed E-state index contributed by atoms with van der Waals surface area (Å²) in [4.78, 5) is 0. The summed E-state index contributed by atoms with van der Waals surface area (Å²) in [5.74, 6) is -0.259. The Labute approximate surface area is 108 Å². The maximum atomic E-state index is 5.78. The molecule has 2 heterocycles. The summed E-state index contributed by atoms with van der Waals surface area (Å²) in [6.45, 7) is 5.86. The molecule has 18 heavy (non-hydrogen) atoms. The Bertz CT molecular complexity index is 411. The van der Waals surface area contributed by atoms with Gasteiger partial charge >= 0.3 is 0 Å². The summed E-state index contributed by atoms with van der Waals surface area (Å²) < 4.78 is 13.8. The predicted octanol–water partition coefficient (Wildman–Crippen LogP) is 2.61. The Morgan fingerprint density at radius 3 is 2.61 bits per heavy atom. The monoisotopic (exact) mass is 250 g/mol. The van der Waals surface area contributed by atoms with Gasteiger partial charge < -0.3 is 9.47 Å². The lowest BCUT2D eigenvalue weighted by molar-refractivity contribution is -0.181. The summed E-state index contributed by atoms with van der Waals surface area (Å²) in [7, 11) is 0. The number of rotatable bonds is 2. The van der Waals surface area contributed by atoms with Gasteiger partial charge in [-0.15, -0.1) is 0 Å². The molecule has 0 radical (unpaired) electrons. The van der Waals surface area contributed by atoms with Crippen molar-refractivity contribution in [3.05, 3.63) is 17.5 Å². The molecule has 2 aliphatic rings. The van der Waals surface area contributed by atoms with E-state index in [9.17, 15) is 0 Å². The zero-order valence-corrected chi connectivity index (χ0v) is 11.3. The fourth-order valence-electron chi connectivity index (χ4n) is 3.30. The summed E-state index contributed by atoms with van der Waals surface area (Å²) in [6.07, 6.45) is 7.26. The van der Waals surface area contributed by atoms with E-state index in [1.165, 1.54) is 11.3 Å². The van der Waals surface area contributed by atoms with E-state index in [0.29, 0.717) is 6.04 Å². The van der Waals surface area contributed by atoms with Crippen LogP contribution in [0.25, 0.3) is 0 Å². The SMILES string of the molecule is CCc1c(C)cnn1C1CCC2(CC1)OCCO2. The first kappa shape index (κ1) is 12.2. The van der Waals surface area contributed by atoms with Crippen LogP contribution < -0.4 is 0 Å². The molecular formula is C14H22N2O2. The van der Waals surface area contributed by atoms with Crippen molar-refractivity contribution in [2.75, 3.05) is 13.2 Å². The van der Waals surface area contributed by atoms with Gasteiger partial charge in [-0.25, -0.2) is 0 Å². The Morgan fingerprint density at radius 2 is 2.00 bits per heavy atom. The molecule has 0 aromatic carbocycles. The Hall–Kier alpha value is -0.870. The van der Waals surface area contributed by atoms with Crippen molar-refractivity contribution in [1.29, 1.82) is 0 Å². The van der Waals surface area contributed by atoms with Crippen LogP contribution in [0.1, 0.15) is 49.9 Å². The summed E-state index contributed by atoms with van der Waals surface area (Å²) >= 11 is 0. The third-order valence-electron chi connectivity index (χ3n) is 4.32. The molecule has 4 nitrogen and oxygen atoms in total. The number of aryl methyl sites for hydroxylation is 1. The van der Waals surface area contributed by atoms with Gasteiger partial charge in [-0.05, 0) is 31.7 Å². The smallest absolute Gasteiger partial charge is 0.168 e. The Kier molecular flexibility index (Phi) is 3.16. The van der Waals surface area contributed by atoms with E-state index in [1.54, 1.807) is 0 Å². The van der Waals surface area contributed by atoms with Crippen LogP contribution in [0.15, 0.2) is 6.20 Å². The van der Waals surface area contributed by atoms with Crippen molar-refractivity contribution in [2.45, 2.75) is 57.8 Å². The van der Waals surface area contributed by atoms with Gasteiger partial charge in [0.05, 0.1) is 25.5 Å². The van der Waals surface area contributed by atoms with Gasteiger partial charge in [0.2, 0.25) is 0 Å². The Morgan fingerprint density at radius 1 is 1.33 bits per heavy atom. The molecule has 1 saturated carbocycles. The third kappa shape index (κ3) is 1.97. The lowest BCUT2D eigenvalue weighted by Crippen LogP contribution is -2.36. The van der Waals surface area contributed by atoms with E-state index in [1.807, 2.05) is 6.20 Å². The molecule has 1 aromatic rings. The van der Waals surface area contributed by atoms with E-state index in [0.717, 1.165) is 45.3 Å². The topological polar surface area (TPSA) is 36.3 Å². The van der Waals surface area contributed by atoms with Crippen molar-refractivity contribution in [2.24, 2.45) is 0 Å². The van der Waals surface area contributed by atoms with E-state index in [-0.39, 0.29) is 5.79 Å². The number of ether oxygens (including phenoxy) is 2. The van der Waals surface area contributed by atoms with Crippen LogP contribution in [0.2, 0.25) is 0 Å². The van der Waals surface area contributed by atoms with Gasteiger partial charge in [0.1, 0.15) is 0 Å². The average Bonchev–Trinajstić information content (AvgIpc) is 2.98. The molecule has 0 atom stereocenters. The van der Waals surface area contributed by atoms with E-state index < -0.39 is 0 Å². The van der Waals surface area contributed by atoms with Crippen LogP contribution in [0.4, 0.5) is 0 Å². The molecule has 0 amide bonds. The second-order valence-electron chi connectivity index (χ2n) is 5.41. The van der Waals surface area contributed by atoms with Crippen LogP contribution in [-0.4, -0.2) is 28.8 Å². The Balaban J connectivity index is 1.72. The molecule has 1 spiro atoms. The van der Waals surface area contributed by atoms with Gasteiger partial charge in [-0.1, -0.05) is 6.92 Å². The molecule has 0 N–H and O–H groups in total. The van der Waals surface area contributed by atoms with Crippen molar-refractivity contribution in [3.8, 4) is 0 Å². The lowest BCUT2D eigenvalue weighted by Gasteiger charge is -2.35. The zero-order valence-electron chi connectivity index (χ0n) is 11.3. The average molecular weight is 250 g/mol. The molecule has 1 aromatic heterocycles. The second-order valence-corrected chi connectivity index (χ2v) is 5.41. The normalized spacial score (nSPS) is 23.9. The van der Waals surface area contributed by atoms with Crippen molar-refractivity contribution < 1.29 is 9.47 Å². The van der Waals surface area contributed by atoms with Crippen LogP contribution >= 0.6 is 0 Å². The maximum absolute atomic E-state index is 5.78. The minimum atomic E-state index is -0.259. The van der Waals surface area contributed by atoms with E-state index >= 15 is 0 Å². The summed E-state index contributed by atoms with van der Waals surface area (Å²) in [5, 5.41) is 4.56. The van der Waals surface area contributed by atoms with E-state index in [4.69, 9.17) is 9.47 Å². The van der Waals surface area contributed by atoms with Gasteiger partial charge in [0, 0.05) is 18.5 Å². The van der Waals surface area contributed by atoms with Gasteiger partial charge in [-0.3, -0.25) is 4.68 Å². The quantitative estimate of drug-likeness (QED) is 0.809. The fourth-order valence-corrected chi connectivity index (χ4v) is 3.30. The highest BCUT2D eigenvalue weighted by molar-refractivity contribution is 5.16. The van der Waals surface area contributed by atoms with Crippen molar-refractivity contribution >= 4 is 0 Å². The molecular weight excluding hydrogens is 228 g/mol. The third-order valence-corrected chi connectivity index (χ3v) is 4.32. The number of aromatic nitrogens is 2. The molecule has 1 aliphatic carbocycles. The molecule has 100 valence electrons. The molecule has 0 unspecified atom stereocenters. The first-order valence-corrected chi connectivity index (χ1v) is 7.05. The zero-order chi connectivity index (χ0) is 12.6. The minimum absolute atomic E-state index is 0.259. The lowest BCUT2D eigenvalue weighted by atomic mass is 9.90. The van der Waals surface area contributed by atoms with Gasteiger partial charge in [0.15, 0.2) is 5.79 Å². The molecule has 3 rings (SSSR count). The van der Waals surface area contributed by atoms with Crippen LogP contribution in [0.5, 0.6) is 0 Å². The van der Waals surface area contributed by atoms with E-state index in [2.05, 4.69) is 23.6 Å². The largest absolute Gasteiger partial charge is 0.348 e. The first-order chi connectivity index (χ1) is 8.74. The number of hydrogen-bond donors (Lipinski definition) is 0. The van der Waals surface area contributed by atoms with Crippen molar-refractivity contribution in [1.82, 2.24) is 9.78 Å². The number of hydrogen-bond acceptors (Lipinski definition) is 3. The van der Waals surface area contributed by atoms with Crippen LogP contribution in [-0.2, 0) is 15.9 Å². The number of nitrogens with zero attached hydrogens (tertiary/aromatic N) is 2. The standard InChI is InChI=1S/C14H22N2O2/c1-3-13-11(2)10-15-16(13)12-4-6-14(7-5-12)17-8-9-18-14/h10,12H,3-9H2,1-2H3. The molecule has 2 fully saturated rings. The van der Waals surface area contributed by atoms with Gasteiger partial charge in [-0.2, -0.15) is 5.10 Å². The summed E-state index contributed by atoms with van der Waals surface area (Å²) in [5.41, 5.74) is 2.69. The predicted molar refractivity (Wildman–Crippen MR) is 68.5 cm³/mol. The molecule has 4 heteroatoms. The fraction of sp³-hybridized carbons (Fsp3) is 0.786. The highest BCUT2D eigenvalue weighted by Crippen LogP contribution is 2.40. The van der Waals surface area contributed by atoms with Gasteiger partial charge in [0.25, 0.3) is 0 Å².